The molecule has 0 bridgehead atoms. The minimum absolute atomic E-state index is 0.404. The van der Waals surface area contributed by atoms with Crippen molar-refractivity contribution >= 4 is 0 Å². The predicted molar refractivity (Wildman–Crippen MR) is 71.8 cm³/mol. The van der Waals surface area contributed by atoms with Gasteiger partial charge in [-0.05, 0) is 30.7 Å². The molecule has 0 unspecified atom stereocenters. The van der Waals surface area contributed by atoms with E-state index in [1.807, 2.05) is 0 Å². The van der Waals surface area contributed by atoms with Crippen molar-refractivity contribution in [2.75, 3.05) is 26.2 Å². The van der Waals surface area contributed by atoms with Gasteiger partial charge in [0.25, 0.3) is 0 Å². The zero-order valence-corrected chi connectivity index (χ0v) is 11.8. The van der Waals surface area contributed by atoms with Gasteiger partial charge < -0.3 is 5.32 Å². The fourth-order valence-electron chi connectivity index (χ4n) is 2.45. The fourth-order valence-corrected chi connectivity index (χ4v) is 2.45. The summed E-state index contributed by atoms with van der Waals surface area (Å²) in [4.78, 5) is 2.67. The maximum absolute atomic E-state index is 3.63. The van der Waals surface area contributed by atoms with Gasteiger partial charge in [0.15, 0.2) is 0 Å². The van der Waals surface area contributed by atoms with Crippen LogP contribution in [-0.2, 0) is 0 Å². The van der Waals surface area contributed by atoms with E-state index in [4.69, 9.17) is 0 Å². The van der Waals surface area contributed by atoms with E-state index in [-0.39, 0.29) is 0 Å². The smallest absolute Gasteiger partial charge is 0.0221 e. The van der Waals surface area contributed by atoms with Gasteiger partial charge in [-0.2, -0.15) is 0 Å². The first-order valence-corrected chi connectivity index (χ1v) is 6.83. The van der Waals surface area contributed by atoms with Gasteiger partial charge in [0.2, 0.25) is 0 Å². The highest BCUT2D eigenvalue weighted by Crippen LogP contribution is 2.18. The first-order valence-electron chi connectivity index (χ1n) is 6.83. The minimum atomic E-state index is 0.404. The molecule has 0 aliphatic carbocycles. The molecule has 0 radical (unpaired) electrons. The molecule has 0 amide bonds. The Morgan fingerprint density at radius 3 is 2.56 bits per heavy atom. The number of rotatable bonds is 5. The van der Waals surface area contributed by atoms with Crippen LogP contribution in [0.3, 0.4) is 0 Å². The van der Waals surface area contributed by atoms with Crippen molar-refractivity contribution in [3.8, 4) is 0 Å². The number of likely N-dealkylation sites (tertiary alicyclic amines) is 1. The third kappa shape index (κ3) is 5.31. The van der Waals surface area contributed by atoms with E-state index < -0.39 is 0 Å². The summed E-state index contributed by atoms with van der Waals surface area (Å²) < 4.78 is 0. The van der Waals surface area contributed by atoms with Gasteiger partial charge in [-0.3, -0.25) is 4.90 Å². The molecule has 1 fully saturated rings. The van der Waals surface area contributed by atoms with Crippen LogP contribution in [0, 0.1) is 11.3 Å². The van der Waals surface area contributed by atoms with E-state index in [1.165, 1.54) is 32.5 Å². The van der Waals surface area contributed by atoms with Crippen molar-refractivity contribution in [1.29, 1.82) is 0 Å². The van der Waals surface area contributed by atoms with Crippen molar-refractivity contribution in [3.63, 3.8) is 0 Å². The summed E-state index contributed by atoms with van der Waals surface area (Å²) in [6.45, 7) is 16.4. The summed E-state index contributed by atoms with van der Waals surface area (Å²) in [7, 11) is 0. The highest BCUT2D eigenvalue weighted by atomic mass is 15.2. The highest BCUT2D eigenvalue weighted by molar-refractivity contribution is 4.82. The SMILES string of the molecule is CC(C)CN1CCC[C@@H]1CNCC(C)(C)C. The third-order valence-electron chi connectivity index (χ3n) is 3.13. The van der Waals surface area contributed by atoms with Crippen LogP contribution < -0.4 is 5.32 Å². The average molecular weight is 226 g/mol. The molecule has 1 rings (SSSR count). The molecule has 2 nitrogen and oxygen atoms in total. The van der Waals surface area contributed by atoms with E-state index in [0.29, 0.717) is 5.41 Å². The van der Waals surface area contributed by atoms with Crippen LogP contribution in [0.4, 0.5) is 0 Å². The summed E-state index contributed by atoms with van der Waals surface area (Å²) >= 11 is 0. The Hall–Kier alpha value is -0.0800. The Balaban J connectivity index is 2.25. The standard InChI is InChI=1S/C14H30N2/c1-12(2)10-16-8-6-7-13(16)9-15-11-14(3,4)5/h12-13,15H,6-11H2,1-5H3/t13-/m1/s1. The Bertz CT molecular complexity index is 193. The summed E-state index contributed by atoms with van der Waals surface area (Å²) in [5, 5.41) is 3.63. The summed E-state index contributed by atoms with van der Waals surface area (Å²) in [6, 6.07) is 0.782. The maximum Gasteiger partial charge on any atom is 0.0221 e. The predicted octanol–water partition coefficient (Wildman–Crippen LogP) is 2.74. The van der Waals surface area contributed by atoms with Crippen molar-refractivity contribution in [2.45, 2.75) is 53.5 Å². The van der Waals surface area contributed by atoms with Gasteiger partial charge in [-0.25, -0.2) is 0 Å². The molecule has 96 valence electrons. The second kappa shape index (κ2) is 6.02. The monoisotopic (exact) mass is 226 g/mol. The van der Waals surface area contributed by atoms with Gasteiger partial charge in [-0.1, -0.05) is 34.6 Å². The lowest BCUT2D eigenvalue weighted by atomic mass is 9.97. The van der Waals surface area contributed by atoms with E-state index in [1.54, 1.807) is 0 Å². The van der Waals surface area contributed by atoms with Gasteiger partial charge in [0, 0.05) is 25.7 Å². The normalized spacial score (nSPS) is 23.2. The Labute approximate surface area is 102 Å². The zero-order valence-electron chi connectivity index (χ0n) is 11.8. The minimum Gasteiger partial charge on any atom is -0.315 e. The largest absolute Gasteiger partial charge is 0.315 e. The van der Waals surface area contributed by atoms with Crippen molar-refractivity contribution in [2.24, 2.45) is 11.3 Å². The second-order valence-corrected chi connectivity index (χ2v) is 6.88. The number of nitrogens with one attached hydrogen (secondary N) is 1. The molecular formula is C14H30N2. The summed E-state index contributed by atoms with van der Waals surface area (Å²) in [6.07, 6.45) is 2.76. The molecule has 1 aliphatic heterocycles. The highest BCUT2D eigenvalue weighted by Gasteiger charge is 2.24. The Kier molecular flexibility index (Phi) is 5.26. The molecule has 0 aromatic heterocycles. The molecule has 1 atom stereocenters. The lowest BCUT2D eigenvalue weighted by molar-refractivity contribution is 0.216. The summed E-state index contributed by atoms with van der Waals surface area (Å²) in [5.41, 5.74) is 0.404. The molecule has 1 aliphatic rings. The van der Waals surface area contributed by atoms with Gasteiger partial charge in [0.05, 0.1) is 0 Å². The first kappa shape index (κ1) is 14.0. The van der Waals surface area contributed by atoms with Crippen LogP contribution >= 0.6 is 0 Å². The van der Waals surface area contributed by atoms with Crippen molar-refractivity contribution in [3.05, 3.63) is 0 Å². The van der Waals surface area contributed by atoms with Crippen LogP contribution in [0.25, 0.3) is 0 Å². The van der Waals surface area contributed by atoms with Gasteiger partial charge in [0.1, 0.15) is 0 Å². The van der Waals surface area contributed by atoms with Crippen LogP contribution in [0.1, 0.15) is 47.5 Å². The van der Waals surface area contributed by atoms with Gasteiger partial charge in [-0.15, -0.1) is 0 Å². The number of hydrogen-bond donors (Lipinski definition) is 1. The third-order valence-corrected chi connectivity index (χ3v) is 3.13. The molecule has 0 spiro atoms. The summed E-state index contributed by atoms with van der Waals surface area (Å²) in [5.74, 6) is 0.795. The molecule has 2 heteroatoms. The lowest BCUT2D eigenvalue weighted by Crippen LogP contribution is -2.41. The molecule has 1 saturated heterocycles. The molecule has 0 aromatic carbocycles. The van der Waals surface area contributed by atoms with E-state index in [9.17, 15) is 0 Å². The number of nitrogens with zero attached hydrogens (tertiary/aromatic N) is 1. The average Bonchev–Trinajstić information content (AvgIpc) is 2.49. The second-order valence-electron chi connectivity index (χ2n) is 6.88. The Morgan fingerprint density at radius 2 is 2.00 bits per heavy atom. The topological polar surface area (TPSA) is 15.3 Å². The molecule has 1 heterocycles. The molecule has 1 N–H and O–H groups in total. The van der Waals surface area contributed by atoms with Crippen molar-refractivity contribution < 1.29 is 0 Å². The molecule has 16 heavy (non-hydrogen) atoms. The molecule has 0 saturated carbocycles. The molecule has 0 aromatic rings. The quantitative estimate of drug-likeness (QED) is 0.775. The van der Waals surface area contributed by atoms with E-state index in [2.05, 4.69) is 44.8 Å². The maximum atomic E-state index is 3.63. The molecular weight excluding hydrogens is 196 g/mol. The number of hydrogen-bond acceptors (Lipinski definition) is 2. The van der Waals surface area contributed by atoms with E-state index in [0.717, 1.165) is 18.5 Å². The van der Waals surface area contributed by atoms with Crippen LogP contribution in [0.15, 0.2) is 0 Å². The van der Waals surface area contributed by atoms with Crippen LogP contribution in [0.5, 0.6) is 0 Å². The lowest BCUT2D eigenvalue weighted by Gasteiger charge is -2.28. The van der Waals surface area contributed by atoms with Crippen LogP contribution in [0.2, 0.25) is 0 Å². The van der Waals surface area contributed by atoms with E-state index >= 15 is 0 Å². The van der Waals surface area contributed by atoms with Crippen molar-refractivity contribution in [1.82, 2.24) is 10.2 Å². The Morgan fingerprint density at radius 1 is 1.31 bits per heavy atom. The zero-order chi connectivity index (χ0) is 12.2. The van der Waals surface area contributed by atoms with Crippen LogP contribution in [-0.4, -0.2) is 37.1 Å². The first-order chi connectivity index (χ1) is 7.38. The van der Waals surface area contributed by atoms with Gasteiger partial charge >= 0.3 is 0 Å². The fraction of sp³-hybridized carbons (Fsp3) is 1.00.